The van der Waals surface area contributed by atoms with Gasteiger partial charge in [0.05, 0.1) is 10.6 Å². The third-order valence-electron chi connectivity index (χ3n) is 2.44. The lowest BCUT2D eigenvalue weighted by Gasteiger charge is -1.96. The fourth-order valence-electron chi connectivity index (χ4n) is 1.55. The molecule has 0 unspecified atom stereocenters. The first-order valence-corrected chi connectivity index (χ1v) is 5.14. The number of hydrogen-bond donors (Lipinski definition) is 2. The number of aromatic hydroxyl groups is 1. The Morgan fingerprint density at radius 3 is 2.88 bits per heavy atom. The normalized spacial score (nSPS) is 10.4. The van der Waals surface area contributed by atoms with Crippen LogP contribution in [0.2, 0.25) is 0 Å². The smallest absolute Gasteiger partial charge is 0.270 e. The quantitative estimate of drug-likeness (QED) is 0.628. The summed E-state index contributed by atoms with van der Waals surface area (Å²) in [5, 5.41) is 20.1. The lowest BCUT2D eigenvalue weighted by atomic mass is 10.2. The summed E-state index contributed by atoms with van der Waals surface area (Å²) in [4.78, 5) is 17.0. The van der Waals surface area contributed by atoms with Crippen molar-refractivity contribution in [2.24, 2.45) is 0 Å². The lowest BCUT2D eigenvalue weighted by molar-refractivity contribution is -0.384. The molecule has 0 bridgehead atoms. The first kappa shape index (κ1) is 11.1. The number of benzene rings is 1. The van der Waals surface area contributed by atoms with Gasteiger partial charge in [0.1, 0.15) is 5.82 Å². The van der Waals surface area contributed by atoms with Gasteiger partial charge in [-0.3, -0.25) is 10.1 Å². The summed E-state index contributed by atoms with van der Waals surface area (Å²) in [6, 6.07) is 6.11. The van der Waals surface area contributed by atoms with Crippen molar-refractivity contribution in [3.63, 3.8) is 0 Å². The van der Waals surface area contributed by atoms with E-state index in [4.69, 9.17) is 0 Å². The molecular weight excluding hydrogens is 222 g/mol. The first-order chi connectivity index (χ1) is 8.11. The van der Waals surface area contributed by atoms with Crippen LogP contribution in [0, 0.1) is 10.1 Å². The average molecular weight is 233 g/mol. The molecular formula is C11H11N3O3. The molecule has 88 valence electrons. The number of nitrogens with zero attached hydrogens (tertiary/aromatic N) is 2. The van der Waals surface area contributed by atoms with Crippen molar-refractivity contribution in [2.75, 3.05) is 0 Å². The Bertz CT molecular complexity index is 563. The zero-order valence-electron chi connectivity index (χ0n) is 9.17. The molecule has 17 heavy (non-hydrogen) atoms. The highest BCUT2D eigenvalue weighted by Gasteiger charge is 2.12. The van der Waals surface area contributed by atoms with Crippen molar-refractivity contribution in [3.8, 4) is 17.3 Å². The van der Waals surface area contributed by atoms with Crippen molar-refractivity contribution in [1.82, 2.24) is 9.97 Å². The predicted octanol–water partition coefficient (Wildman–Crippen LogP) is 2.25. The monoisotopic (exact) mass is 233 g/mol. The first-order valence-electron chi connectivity index (χ1n) is 5.14. The second-order valence-electron chi connectivity index (χ2n) is 3.55. The Morgan fingerprint density at radius 1 is 1.53 bits per heavy atom. The number of H-pyrrole nitrogens is 1. The lowest BCUT2D eigenvalue weighted by Crippen LogP contribution is -1.89. The molecule has 6 nitrogen and oxygen atoms in total. The molecule has 6 heteroatoms. The number of aryl methyl sites for hydroxylation is 1. The summed E-state index contributed by atoms with van der Waals surface area (Å²) >= 11 is 0. The molecule has 0 radical (unpaired) electrons. The summed E-state index contributed by atoms with van der Waals surface area (Å²) in [6.07, 6.45) is 0.619. The van der Waals surface area contributed by atoms with E-state index in [0.29, 0.717) is 23.5 Å². The number of nitro benzene ring substituents is 1. The van der Waals surface area contributed by atoms with E-state index in [1.807, 2.05) is 6.92 Å². The summed E-state index contributed by atoms with van der Waals surface area (Å²) in [5.41, 5.74) is 1.19. The van der Waals surface area contributed by atoms with Crippen LogP contribution in [0.1, 0.15) is 12.6 Å². The standard InChI is InChI=1S/C11H11N3O3/c1-2-9-11(15)13-10(12-9)7-4-3-5-8(6-7)14(16)17/h3-6,15H,2H2,1H3,(H,12,13). The van der Waals surface area contributed by atoms with Crippen molar-refractivity contribution in [3.05, 3.63) is 40.1 Å². The van der Waals surface area contributed by atoms with Crippen LogP contribution in [0.5, 0.6) is 5.88 Å². The molecule has 0 aliphatic carbocycles. The number of rotatable bonds is 3. The van der Waals surface area contributed by atoms with Gasteiger partial charge in [0, 0.05) is 17.7 Å². The summed E-state index contributed by atoms with van der Waals surface area (Å²) in [7, 11) is 0. The Hall–Kier alpha value is -2.37. The van der Waals surface area contributed by atoms with Gasteiger partial charge in [0.15, 0.2) is 0 Å². The number of aromatic amines is 1. The average Bonchev–Trinajstić information content (AvgIpc) is 2.71. The van der Waals surface area contributed by atoms with Gasteiger partial charge in [-0.15, -0.1) is 0 Å². The molecule has 0 saturated heterocycles. The minimum Gasteiger partial charge on any atom is -0.492 e. The van der Waals surface area contributed by atoms with Crippen molar-refractivity contribution < 1.29 is 10.0 Å². The van der Waals surface area contributed by atoms with Crippen LogP contribution in [0.25, 0.3) is 11.4 Å². The topological polar surface area (TPSA) is 92.0 Å². The molecule has 1 aromatic carbocycles. The fraction of sp³-hybridized carbons (Fsp3) is 0.182. The SMILES string of the molecule is CCc1[nH]c(-c2cccc([N+](=O)[O-])c2)nc1O. The predicted molar refractivity (Wildman–Crippen MR) is 61.7 cm³/mol. The molecule has 0 aliphatic rings. The van der Waals surface area contributed by atoms with Gasteiger partial charge in [-0.2, -0.15) is 4.98 Å². The third-order valence-corrected chi connectivity index (χ3v) is 2.44. The van der Waals surface area contributed by atoms with Crippen LogP contribution in [0.4, 0.5) is 5.69 Å². The number of hydrogen-bond acceptors (Lipinski definition) is 4. The number of aromatic nitrogens is 2. The maximum absolute atomic E-state index is 10.6. The van der Waals surface area contributed by atoms with Gasteiger partial charge in [-0.05, 0) is 6.42 Å². The van der Waals surface area contributed by atoms with Gasteiger partial charge in [0.25, 0.3) is 5.69 Å². The minimum absolute atomic E-state index is 0.00330. The second-order valence-corrected chi connectivity index (χ2v) is 3.55. The zero-order chi connectivity index (χ0) is 12.4. The highest BCUT2D eigenvalue weighted by atomic mass is 16.6. The van der Waals surface area contributed by atoms with E-state index < -0.39 is 4.92 Å². The van der Waals surface area contributed by atoms with E-state index in [1.54, 1.807) is 12.1 Å². The number of non-ortho nitro benzene ring substituents is 1. The summed E-state index contributed by atoms with van der Waals surface area (Å²) < 4.78 is 0. The summed E-state index contributed by atoms with van der Waals surface area (Å²) in [5.74, 6) is 0.372. The number of imidazole rings is 1. The molecule has 0 atom stereocenters. The van der Waals surface area contributed by atoms with Gasteiger partial charge in [0.2, 0.25) is 5.88 Å². The molecule has 0 amide bonds. The maximum atomic E-state index is 10.6. The molecule has 0 aliphatic heterocycles. The number of nitrogens with one attached hydrogen (secondary N) is 1. The van der Waals surface area contributed by atoms with E-state index in [1.165, 1.54) is 12.1 Å². The maximum Gasteiger partial charge on any atom is 0.270 e. The Morgan fingerprint density at radius 2 is 2.29 bits per heavy atom. The number of nitro groups is 1. The Labute approximate surface area is 97.1 Å². The van der Waals surface area contributed by atoms with E-state index in [9.17, 15) is 15.2 Å². The van der Waals surface area contributed by atoms with Gasteiger partial charge >= 0.3 is 0 Å². The van der Waals surface area contributed by atoms with Crippen LogP contribution in [-0.4, -0.2) is 20.0 Å². The Kier molecular flexibility index (Phi) is 2.78. The molecule has 0 fully saturated rings. The molecule has 2 rings (SSSR count). The third kappa shape index (κ3) is 2.10. The molecule has 2 N–H and O–H groups in total. The molecule has 1 aromatic heterocycles. The van der Waals surface area contributed by atoms with Crippen molar-refractivity contribution >= 4 is 5.69 Å². The van der Waals surface area contributed by atoms with Crippen LogP contribution >= 0.6 is 0 Å². The zero-order valence-corrected chi connectivity index (χ0v) is 9.17. The fourth-order valence-corrected chi connectivity index (χ4v) is 1.55. The van der Waals surface area contributed by atoms with Crippen LogP contribution < -0.4 is 0 Å². The molecule has 2 aromatic rings. The van der Waals surface area contributed by atoms with Gasteiger partial charge < -0.3 is 10.1 Å². The molecule has 0 spiro atoms. The van der Waals surface area contributed by atoms with Crippen molar-refractivity contribution in [2.45, 2.75) is 13.3 Å². The molecule has 0 saturated carbocycles. The van der Waals surface area contributed by atoms with Crippen molar-refractivity contribution in [1.29, 1.82) is 0 Å². The van der Waals surface area contributed by atoms with E-state index in [2.05, 4.69) is 9.97 Å². The molecule has 1 heterocycles. The van der Waals surface area contributed by atoms with E-state index in [0.717, 1.165) is 0 Å². The van der Waals surface area contributed by atoms with Crippen LogP contribution in [0.3, 0.4) is 0 Å². The summed E-state index contributed by atoms with van der Waals surface area (Å²) in [6.45, 7) is 1.88. The minimum atomic E-state index is -0.465. The van der Waals surface area contributed by atoms with E-state index in [-0.39, 0.29) is 11.6 Å². The largest absolute Gasteiger partial charge is 0.492 e. The van der Waals surface area contributed by atoms with E-state index >= 15 is 0 Å². The Balaban J connectivity index is 2.45. The highest BCUT2D eigenvalue weighted by Crippen LogP contribution is 2.25. The van der Waals surface area contributed by atoms with Gasteiger partial charge in [-0.25, -0.2) is 0 Å². The van der Waals surface area contributed by atoms with Crippen LogP contribution in [-0.2, 0) is 6.42 Å². The van der Waals surface area contributed by atoms with Crippen LogP contribution in [0.15, 0.2) is 24.3 Å². The highest BCUT2D eigenvalue weighted by molar-refractivity contribution is 5.60. The second kappa shape index (κ2) is 4.25. The van der Waals surface area contributed by atoms with Gasteiger partial charge in [-0.1, -0.05) is 19.1 Å².